The predicted molar refractivity (Wildman–Crippen MR) is 79.1 cm³/mol. The first-order valence-corrected chi connectivity index (χ1v) is 6.69. The Morgan fingerprint density at radius 3 is 2.62 bits per heavy atom. The Bertz CT molecular complexity index is 795. The number of hydrogen-bond donors (Lipinski definition) is 1. The minimum atomic E-state index is -0.611. The van der Waals surface area contributed by atoms with Gasteiger partial charge in [-0.1, -0.05) is 12.1 Å². The predicted octanol–water partition coefficient (Wildman–Crippen LogP) is 4.02. The highest BCUT2D eigenvalue weighted by molar-refractivity contribution is 5.76. The Labute approximate surface area is 121 Å². The minimum Gasteiger partial charge on any atom is -0.373 e. The number of benzene rings is 2. The molecule has 3 nitrogen and oxygen atoms in total. The summed E-state index contributed by atoms with van der Waals surface area (Å²) >= 11 is 0. The second-order valence-corrected chi connectivity index (χ2v) is 5.01. The summed E-state index contributed by atoms with van der Waals surface area (Å²) in [4.78, 5) is 4.56. The molecule has 0 saturated heterocycles. The van der Waals surface area contributed by atoms with Crippen molar-refractivity contribution in [3.63, 3.8) is 0 Å². The highest BCUT2D eigenvalue weighted by atomic mass is 19.1. The van der Waals surface area contributed by atoms with Gasteiger partial charge < -0.3 is 9.88 Å². The molecule has 108 valence electrons. The van der Waals surface area contributed by atoms with E-state index in [2.05, 4.69) is 10.3 Å². The fraction of sp³-hybridized carbons (Fsp3) is 0.188. The van der Waals surface area contributed by atoms with Crippen molar-refractivity contribution in [3.8, 4) is 0 Å². The number of aryl methyl sites for hydroxylation is 1. The standard InChI is InChI=1S/C16H15F2N3/c1-10(19-13-8-7-11(17)9-12(13)18)16-20-14-5-3-4-6-15(14)21(16)2/h3-10,19H,1-2H3. The zero-order chi connectivity index (χ0) is 15.0. The SMILES string of the molecule is CC(Nc1ccc(F)cc1F)c1nc2ccccc2n1C. The van der Waals surface area contributed by atoms with E-state index in [-0.39, 0.29) is 11.7 Å². The Morgan fingerprint density at radius 2 is 1.90 bits per heavy atom. The van der Waals surface area contributed by atoms with Gasteiger partial charge in [0.05, 0.1) is 22.8 Å². The van der Waals surface area contributed by atoms with Crippen LogP contribution in [0.25, 0.3) is 11.0 Å². The molecule has 3 rings (SSSR count). The Balaban J connectivity index is 1.93. The molecule has 2 aromatic carbocycles. The third kappa shape index (κ3) is 2.46. The molecular weight excluding hydrogens is 272 g/mol. The van der Waals surface area contributed by atoms with Crippen molar-refractivity contribution in [1.29, 1.82) is 0 Å². The van der Waals surface area contributed by atoms with Gasteiger partial charge in [-0.05, 0) is 31.2 Å². The number of hydrogen-bond acceptors (Lipinski definition) is 2. The third-order valence-corrected chi connectivity index (χ3v) is 3.51. The number of nitrogens with one attached hydrogen (secondary N) is 1. The average Bonchev–Trinajstić information content (AvgIpc) is 2.80. The van der Waals surface area contributed by atoms with Gasteiger partial charge in [0.1, 0.15) is 17.5 Å². The second-order valence-electron chi connectivity index (χ2n) is 5.01. The van der Waals surface area contributed by atoms with Crippen molar-refractivity contribution in [2.75, 3.05) is 5.32 Å². The van der Waals surface area contributed by atoms with Gasteiger partial charge in [-0.15, -0.1) is 0 Å². The molecule has 3 aromatic rings. The number of anilines is 1. The molecule has 0 aliphatic carbocycles. The van der Waals surface area contributed by atoms with E-state index in [0.29, 0.717) is 0 Å². The van der Waals surface area contributed by atoms with Crippen LogP contribution in [0.5, 0.6) is 0 Å². The van der Waals surface area contributed by atoms with Gasteiger partial charge >= 0.3 is 0 Å². The van der Waals surface area contributed by atoms with Gasteiger partial charge in [-0.2, -0.15) is 0 Å². The largest absolute Gasteiger partial charge is 0.373 e. The Morgan fingerprint density at radius 1 is 1.14 bits per heavy atom. The van der Waals surface area contributed by atoms with Crippen molar-refractivity contribution >= 4 is 16.7 Å². The molecule has 1 aromatic heterocycles. The number of fused-ring (bicyclic) bond motifs is 1. The lowest BCUT2D eigenvalue weighted by atomic mass is 10.2. The molecule has 0 aliphatic heterocycles. The molecule has 1 unspecified atom stereocenters. The van der Waals surface area contributed by atoms with Crippen LogP contribution in [0.4, 0.5) is 14.5 Å². The molecule has 1 atom stereocenters. The molecule has 0 spiro atoms. The molecule has 0 fully saturated rings. The Kier molecular flexibility index (Phi) is 3.33. The summed E-state index contributed by atoms with van der Waals surface area (Å²) in [5, 5.41) is 3.03. The number of rotatable bonds is 3. The molecule has 5 heteroatoms. The Hall–Kier alpha value is -2.43. The maximum absolute atomic E-state index is 13.7. The first kappa shape index (κ1) is 13.5. The zero-order valence-electron chi connectivity index (χ0n) is 11.8. The summed E-state index contributed by atoms with van der Waals surface area (Å²) in [5.74, 6) is -0.408. The first-order chi connectivity index (χ1) is 10.1. The van der Waals surface area contributed by atoms with E-state index in [9.17, 15) is 8.78 Å². The molecule has 21 heavy (non-hydrogen) atoms. The van der Waals surface area contributed by atoms with E-state index in [0.717, 1.165) is 22.9 Å². The van der Waals surface area contributed by atoms with Crippen LogP contribution in [0.15, 0.2) is 42.5 Å². The van der Waals surface area contributed by atoms with Crippen molar-refractivity contribution < 1.29 is 8.78 Å². The van der Waals surface area contributed by atoms with Gasteiger partial charge in [0.15, 0.2) is 0 Å². The van der Waals surface area contributed by atoms with Crippen molar-refractivity contribution in [2.24, 2.45) is 7.05 Å². The normalized spacial score (nSPS) is 12.6. The minimum absolute atomic E-state index is 0.206. The molecule has 0 saturated carbocycles. The van der Waals surface area contributed by atoms with Gasteiger partial charge in [0.2, 0.25) is 0 Å². The van der Waals surface area contributed by atoms with Crippen LogP contribution in [-0.2, 0) is 7.05 Å². The van der Waals surface area contributed by atoms with E-state index < -0.39 is 11.6 Å². The molecule has 1 heterocycles. The highest BCUT2D eigenvalue weighted by Crippen LogP contribution is 2.24. The number of para-hydroxylation sites is 2. The van der Waals surface area contributed by atoms with Crippen molar-refractivity contribution in [2.45, 2.75) is 13.0 Å². The summed E-state index contributed by atoms with van der Waals surface area (Å²) in [6, 6.07) is 11.1. The van der Waals surface area contributed by atoms with Gasteiger partial charge in [0, 0.05) is 13.1 Å². The monoisotopic (exact) mass is 287 g/mol. The average molecular weight is 287 g/mol. The number of imidazole rings is 1. The number of aromatic nitrogens is 2. The van der Waals surface area contributed by atoms with Crippen LogP contribution < -0.4 is 5.32 Å². The van der Waals surface area contributed by atoms with Crippen molar-refractivity contribution in [1.82, 2.24) is 9.55 Å². The maximum atomic E-state index is 13.7. The summed E-state index contributed by atoms with van der Waals surface area (Å²) in [6.45, 7) is 1.89. The summed E-state index contributed by atoms with van der Waals surface area (Å²) in [7, 11) is 1.92. The smallest absolute Gasteiger partial charge is 0.149 e. The maximum Gasteiger partial charge on any atom is 0.149 e. The second kappa shape index (κ2) is 5.16. The van der Waals surface area contributed by atoms with E-state index in [1.165, 1.54) is 12.1 Å². The van der Waals surface area contributed by atoms with Crippen LogP contribution in [-0.4, -0.2) is 9.55 Å². The molecular formula is C16H15F2N3. The summed E-state index contributed by atoms with van der Waals surface area (Å²) in [6.07, 6.45) is 0. The van der Waals surface area contributed by atoms with Gasteiger partial charge in [-0.3, -0.25) is 0 Å². The summed E-state index contributed by atoms with van der Waals surface area (Å²) in [5.41, 5.74) is 2.17. The van der Waals surface area contributed by atoms with Crippen LogP contribution in [0, 0.1) is 11.6 Å². The lowest BCUT2D eigenvalue weighted by Crippen LogP contribution is -2.13. The fourth-order valence-corrected chi connectivity index (χ4v) is 2.46. The van der Waals surface area contributed by atoms with E-state index in [4.69, 9.17) is 0 Å². The van der Waals surface area contributed by atoms with Crippen molar-refractivity contribution in [3.05, 3.63) is 59.9 Å². The molecule has 0 amide bonds. The lowest BCUT2D eigenvalue weighted by molar-refractivity contribution is 0.582. The van der Waals surface area contributed by atoms with Crippen LogP contribution in [0.2, 0.25) is 0 Å². The number of nitrogens with zero attached hydrogens (tertiary/aromatic N) is 2. The van der Waals surface area contributed by atoms with Gasteiger partial charge in [0.25, 0.3) is 0 Å². The van der Waals surface area contributed by atoms with E-state index in [1.54, 1.807) is 0 Å². The third-order valence-electron chi connectivity index (χ3n) is 3.51. The van der Waals surface area contributed by atoms with E-state index in [1.807, 2.05) is 42.8 Å². The first-order valence-electron chi connectivity index (χ1n) is 6.69. The quantitative estimate of drug-likeness (QED) is 0.788. The zero-order valence-corrected chi connectivity index (χ0v) is 11.8. The van der Waals surface area contributed by atoms with Gasteiger partial charge in [-0.25, -0.2) is 13.8 Å². The fourth-order valence-electron chi connectivity index (χ4n) is 2.46. The molecule has 1 N–H and O–H groups in total. The topological polar surface area (TPSA) is 29.9 Å². The molecule has 0 radical (unpaired) electrons. The highest BCUT2D eigenvalue weighted by Gasteiger charge is 2.15. The van der Waals surface area contributed by atoms with Crippen LogP contribution in [0.1, 0.15) is 18.8 Å². The van der Waals surface area contributed by atoms with E-state index >= 15 is 0 Å². The molecule has 0 bridgehead atoms. The molecule has 0 aliphatic rings. The summed E-state index contributed by atoms with van der Waals surface area (Å²) < 4.78 is 28.6. The van der Waals surface area contributed by atoms with Crippen LogP contribution in [0.3, 0.4) is 0 Å². The lowest BCUT2D eigenvalue weighted by Gasteiger charge is -2.15. The number of halogens is 2. The van der Waals surface area contributed by atoms with Crippen LogP contribution >= 0.6 is 0 Å².